The highest BCUT2D eigenvalue weighted by Gasteiger charge is 2.36. The monoisotopic (exact) mass is 353 g/mol. The lowest BCUT2D eigenvalue weighted by Crippen LogP contribution is -2.30. The van der Waals surface area contributed by atoms with Crippen molar-refractivity contribution >= 4 is 10.0 Å². The number of sulfonamides is 1. The minimum atomic E-state index is -3.97. The van der Waals surface area contributed by atoms with Gasteiger partial charge < -0.3 is 4.74 Å². The first-order valence-corrected chi connectivity index (χ1v) is 8.98. The van der Waals surface area contributed by atoms with Gasteiger partial charge in [0.25, 0.3) is 0 Å². The average Bonchev–Trinajstić information content (AvgIpc) is 3.04. The van der Waals surface area contributed by atoms with Gasteiger partial charge in [-0.15, -0.1) is 0 Å². The fourth-order valence-corrected chi connectivity index (χ4v) is 4.73. The average molecular weight is 353 g/mol. The summed E-state index contributed by atoms with van der Waals surface area (Å²) in [6, 6.07) is 9.15. The van der Waals surface area contributed by atoms with E-state index in [1.165, 1.54) is 4.31 Å². The van der Waals surface area contributed by atoms with Crippen LogP contribution in [0.25, 0.3) is 0 Å². The zero-order valence-corrected chi connectivity index (χ0v) is 13.9. The van der Waals surface area contributed by atoms with Crippen LogP contribution in [0.2, 0.25) is 0 Å². The van der Waals surface area contributed by atoms with Gasteiger partial charge in [-0.2, -0.15) is 4.31 Å². The SMILES string of the molecule is COc1ccc([C@@H]2CCCN2S(=O)(=O)c2cc(F)cc(F)c2)cc1. The van der Waals surface area contributed by atoms with Crippen LogP contribution in [0.3, 0.4) is 0 Å². The van der Waals surface area contributed by atoms with Crippen molar-refractivity contribution in [2.75, 3.05) is 13.7 Å². The number of ether oxygens (including phenoxy) is 1. The van der Waals surface area contributed by atoms with Gasteiger partial charge in [0, 0.05) is 12.6 Å². The molecule has 2 aromatic rings. The van der Waals surface area contributed by atoms with Crippen molar-refractivity contribution in [2.45, 2.75) is 23.8 Å². The second-order valence-electron chi connectivity index (χ2n) is 5.65. The first kappa shape index (κ1) is 16.9. The molecule has 0 unspecified atom stereocenters. The minimum absolute atomic E-state index is 0.317. The van der Waals surface area contributed by atoms with E-state index in [0.717, 1.165) is 17.7 Å². The predicted molar refractivity (Wildman–Crippen MR) is 85.2 cm³/mol. The summed E-state index contributed by atoms with van der Waals surface area (Å²) in [5, 5.41) is 0. The molecule has 1 aliphatic heterocycles. The Morgan fingerprint density at radius 1 is 1.08 bits per heavy atom. The van der Waals surface area contributed by atoms with Gasteiger partial charge >= 0.3 is 0 Å². The summed E-state index contributed by atoms with van der Waals surface area (Å²) in [6.07, 6.45) is 1.34. The van der Waals surface area contributed by atoms with Gasteiger partial charge in [0.2, 0.25) is 10.0 Å². The Bertz CT molecular complexity index is 817. The normalized spacial score (nSPS) is 18.7. The fourth-order valence-electron chi connectivity index (χ4n) is 3.00. The standard InChI is InChI=1S/C17H17F2NO3S/c1-23-15-6-4-12(5-7-15)17-3-2-8-20(17)24(21,22)16-10-13(18)9-14(19)11-16/h4-7,9-11,17H,2-3,8H2,1H3/t17-/m0/s1. The van der Waals surface area contributed by atoms with Crippen molar-refractivity contribution in [1.29, 1.82) is 0 Å². The second kappa shape index (κ2) is 6.49. The second-order valence-corrected chi connectivity index (χ2v) is 7.54. The van der Waals surface area contributed by atoms with Crippen molar-refractivity contribution in [2.24, 2.45) is 0 Å². The Morgan fingerprint density at radius 3 is 2.29 bits per heavy atom. The number of halogens is 2. The van der Waals surface area contributed by atoms with Crippen LogP contribution in [-0.2, 0) is 10.0 Å². The summed E-state index contributed by atoms with van der Waals surface area (Å²) in [5.41, 5.74) is 0.828. The summed E-state index contributed by atoms with van der Waals surface area (Å²) >= 11 is 0. The molecule has 0 N–H and O–H groups in total. The molecular weight excluding hydrogens is 336 g/mol. The molecule has 0 bridgehead atoms. The molecule has 128 valence electrons. The number of hydrogen-bond acceptors (Lipinski definition) is 3. The Balaban J connectivity index is 1.96. The van der Waals surface area contributed by atoms with E-state index >= 15 is 0 Å². The van der Waals surface area contributed by atoms with E-state index in [-0.39, 0.29) is 10.9 Å². The molecule has 0 saturated carbocycles. The Hall–Kier alpha value is -1.99. The van der Waals surface area contributed by atoms with E-state index < -0.39 is 21.7 Å². The first-order valence-electron chi connectivity index (χ1n) is 7.54. The van der Waals surface area contributed by atoms with Crippen LogP contribution in [0.4, 0.5) is 8.78 Å². The first-order chi connectivity index (χ1) is 11.4. The molecule has 0 radical (unpaired) electrons. The maximum atomic E-state index is 13.4. The molecule has 3 rings (SSSR count). The van der Waals surface area contributed by atoms with E-state index in [1.54, 1.807) is 19.2 Å². The Kier molecular flexibility index (Phi) is 4.56. The molecule has 1 atom stereocenters. The molecule has 1 saturated heterocycles. The van der Waals surface area contributed by atoms with Crippen molar-refractivity contribution in [1.82, 2.24) is 4.31 Å². The van der Waals surface area contributed by atoms with Gasteiger partial charge in [-0.1, -0.05) is 12.1 Å². The van der Waals surface area contributed by atoms with E-state index in [0.29, 0.717) is 31.2 Å². The topological polar surface area (TPSA) is 46.6 Å². The molecule has 0 amide bonds. The van der Waals surface area contributed by atoms with Crippen LogP contribution in [0.5, 0.6) is 5.75 Å². The molecule has 24 heavy (non-hydrogen) atoms. The molecule has 2 aromatic carbocycles. The summed E-state index contributed by atoms with van der Waals surface area (Å²) in [6.45, 7) is 0.317. The van der Waals surface area contributed by atoms with Gasteiger partial charge in [0.15, 0.2) is 0 Å². The van der Waals surface area contributed by atoms with Crippen molar-refractivity contribution < 1.29 is 21.9 Å². The zero-order valence-electron chi connectivity index (χ0n) is 13.1. The lowest BCUT2D eigenvalue weighted by Gasteiger charge is -2.24. The molecular formula is C17H17F2NO3S. The number of benzene rings is 2. The van der Waals surface area contributed by atoms with Crippen LogP contribution >= 0.6 is 0 Å². The lowest BCUT2D eigenvalue weighted by molar-refractivity contribution is 0.394. The molecule has 1 aliphatic rings. The minimum Gasteiger partial charge on any atom is -0.497 e. The number of methoxy groups -OCH3 is 1. The van der Waals surface area contributed by atoms with Crippen LogP contribution in [0, 0.1) is 11.6 Å². The van der Waals surface area contributed by atoms with E-state index in [2.05, 4.69) is 0 Å². The lowest BCUT2D eigenvalue weighted by atomic mass is 10.1. The molecule has 4 nitrogen and oxygen atoms in total. The van der Waals surface area contributed by atoms with Gasteiger partial charge in [-0.3, -0.25) is 0 Å². The van der Waals surface area contributed by atoms with Gasteiger partial charge in [-0.05, 0) is 42.7 Å². The van der Waals surface area contributed by atoms with E-state index in [1.807, 2.05) is 12.1 Å². The predicted octanol–water partition coefficient (Wildman–Crippen LogP) is 3.50. The largest absolute Gasteiger partial charge is 0.497 e. The third kappa shape index (κ3) is 3.14. The van der Waals surface area contributed by atoms with E-state index in [9.17, 15) is 17.2 Å². The maximum absolute atomic E-state index is 13.4. The van der Waals surface area contributed by atoms with Gasteiger partial charge in [0.05, 0.1) is 18.0 Å². The molecule has 0 spiro atoms. The quantitative estimate of drug-likeness (QED) is 0.845. The highest BCUT2D eigenvalue weighted by Crippen LogP contribution is 2.37. The number of hydrogen-bond donors (Lipinski definition) is 0. The van der Waals surface area contributed by atoms with Gasteiger partial charge in [-0.25, -0.2) is 17.2 Å². The van der Waals surface area contributed by atoms with Crippen molar-refractivity contribution in [3.63, 3.8) is 0 Å². The summed E-state index contributed by atoms with van der Waals surface area (Å²) in [7, 11) is -2.42. The van der Waals surface area contributed by atoms with E-state index in [4.69, 9.17) is 4.74 Å². The summed E-state index contributed by atoms with van der Waals surface area (Å²) in [4.78, 5) is -0.361. The van der Waals surface area contributed by atoms with Gasteiger partial charge in [0.1, 0.15) is 17.4 Å². The van der Waals surface area contributed by atoms with Crippen LogP contribution < -0.4 is 4.74 Å². The molecule has 0 aliphatic carbocycles. The number of rotatable bonds is 4. The molecule has 0 aromatic heterocycles. The van der Waals surface area contributed by atoms with Crippen molar-refractivity contribution in [3.8, 4) is 5.75 Å². The highest BCUT2D eigenvalue weighted by atomic mass is 32.2. The smallest absolute Gasteiger partial charge is 0.243 e. The summed E-state index contributed by atoms with van der Waals surface area (Å²) in [5.74, 6) is -1.14. The number of nitrogens with zero attached hydrogens (tertiary/aromatic N) is 1. The zero-order chi connectivity index (χ0) is 17.3. The third-order valence-electron chi connectivity index (χ3n) is 4.15. The summed E-state index contributed by atoms with van der Waals surface area (Å²) < 4.78 is 58.9. The highest BCUT2D eigenvalue weighted by molar-refractivity contribution is 7.89. The Labute approximate surface area is 139 Å². The van der Waals surface area contributed by atoms with Crippen LogP contribution in [0.1, 0.15) is 24.4 Å². The molecule has 1 heterocycles. The molecule has 1 fully saturated rings. The fraction of sp³-hybridized carbons (Fsp3) is 0.294. The third-order valence-corrected chi connectivity index (χ3v) is 6.03. The van der Waals surface area contributed by atoms with Crippen LogP contribution in [0.15, 0.2) is 47.4 Å². The van der Waals surface area contributed by atoms with Crippen molar-refractivity contribution in [3.05, 3.63) is 59.7 Å². The molecule has 7 heteroatoms. The maximum Gasteiger partial charge on any atom is 0.243 e. The van der Waals surface area contributed by atoms with Crippen LogP contribution in [-0.4, -0.2) is 26.4 Å². The Morgan fingerprint density at radius 2 is 1.71 bits per heavy atom.